The molecule has 0 N–H and O–H groups in total. The van der Waals surface area contributed by atoms with Crippen LogP contribution < -0.4 is 5.56 Å². The molecule has 0 saturated carbocycles. The van der Waals surface area contributed by atoms with Gasteiger partial charge >= 0.3 is 6.18 Å². The van der Waals surface area contributed by atoms with E-state index in [9.17, 15) is 18.0 Å². The Balaban J connectivity index is 1.93. The Bertz CT molecular complexity index is 870. The van der Waals surface area contributed by atoms with Crippen molar-refractivity contribution in [1.29, 1.82) is 0 Å². The molecule has 22 heavy (non-hydrogen) atoms. The molecule has 0 aliphatic heterocycles. The summed E-state index contributed by atoms with van der Waals surface area (Å²) in [6.07, 6.45) is -1.49. The van der Waals surface area contributed by atoms with Crippen LogP contribution in [-0.4, -0.2) is 14.5 Å². The van der Waals surface area contributed by atoms with Crippen molar-refractivity contribution in [2.45, 2.75) is 12.7 Å². The Kier molecular flexibility index (Phi) is 3.40. The monoisotopic (exact) mass is 305 g/mol. The van der Waals surface area contributed by atoms with Gasteiger partial charge in [0.2, 0.25) is 0 Å². The average Bonchev–Trinajstić information content (AvgIpc) is 2.50. The first-order valence-electron chi connectivity index (χ1n) is 6.41. The molecule has 3 aromatic rings. The molecule has 7 heteroatoms. The Morgan fingerprint density at radius 1 is 1.05 bits per heavy atom. The van der Waals surface area contributed by atoms with Crippen LogP contribution in [-0.2, 0) is 12.7 Å². The largest absolute Gasteiger partial charge is 0.416 e. The van der Waals surface area contributed by atoms with Crippen LogP contribution >= 0.6 is 0 Å². The zero-order chi connectivity index (χ0) is 15.7. The van der Waals surface area contributed by atoms with Gasteiger partial charge in [-0.15, -0.1) is 0 Å². The number of nitrogens with zero attached hydrogens (tertiary/aromatic N) is 3. The van der Waals surface area contributed by atoms with E-state index in [1.54, 1.807) is 12.1 Å². The van der Waals surface area contributed by atoms with Crippen molar-refractivity contribution in [1.82, 2.24) is 14.5 Å². The van der Waals surface area contributed by atoms with Crippen molar-refractivity contribution in [3.63, 3.8) is 0 Å². The molecule has 0 atom stereocenters. The summed E-state index contributed by atoms with van der Waals surface area (Å²) in [5, 5.41) is 0.372. The van der Waals surface area contributed by atoms with Gasteiger partial charge in [-0.1, -0.05) is 12.1 Å². The summed E-state index contributed by atoms with van der Waals surface area (Å²) < 4.78 is 38.9. The summed E-state index contributed by atoms with van der Waals surface area (Å²) in [6, 6.07) is 7.94. The summed E-state index contributed by atoms with van der Waals surface area (Å²) in [4.78, 5) is 20.3. The molecule has 3 rings (SSSR count). The van der Waals surface area contributed by atoms with Crippen molar-refractivity contribution >= 4 is 11.0 Å². The molecule has 2 heterocycles. The van der Waals surface area contributed by atoms with Crippen molar-refractivity contribution in [2.75, 3.05) is 0 Å². The van der Waals surface area contributed by atoms with Gasteiger partial charge in [0, 0.05) is 6.20 Å². The Morgan fingerprint density at radius 2 is 1.77 bits per heavy atom. The van der Waals surface area contributed by atoms with Crippen LogP contribution in [0.15, 0.2) is 53.7 Å². The maximum absolute atomic E-state index is 12.5. The molecule has 0 radical (unpaired) electrons. The minimum Gasteiger partial charge on any atom is -0.294 e. The number of aromatic nitrogens is 3. The lowest BCUT2D eigenvalue weighted by Crippen LogP contribution is -2.21. The maximum atomic E-state index is 12.5. The normalized spacial score (nSPS) is 11.8. The highest BCUT2D eigenvalue weighted by molar-refractivity contribution is 5.72. The highest BCUT2D eigenvalue weighted by Gasteiger charge is 2.29. The zero-order valence-electron chi connectivity index (χ0n) is 11.2. The molecule has 0 bridgehead atoms. The molecule has 4 nitrogen and oxygen atoms in total. The maximum Gasteiger partial charge on any atom is 0.416 e. The van der Waals surface area contributed by atoms with Gasteiger partial charge in [0.15, 0.2) is 5.65 Å². The molecular formula is C15H10F3N3O. The van der Waals surface area contributed by atoms with Gasteiger partial charge in [-0.25, -0.2) is 9.97 Å². The Morgan fingerprint density at radius 3 is 2.45 bits per heavy atom. The van der Waals surface area contributed by atoms with Gasteiger partial charge < -0.3 is 0 Å². The van der Waals surface area contributed by atoms with Gasteiger partial charge in [-0.05, 0) is 29.8 Å². The topological polar surface area (TPSA) is 47.8 Å². The SMILES string of the molecule is O=c1c2cccnc2ncn1Cc1ccc(C(F)(F)F)cc1. The highest BCUT2D eigenvalue weighted by Crippen LogP contribution is 2.29. The van der Waals surface area contributed by atoms with Crippen molar-refractivity contribution < 1.29 is 13.2 Å². The van der Waals surface area contributed by atoms with Crippen molar-refractivity contribution in [2.24, 2.45) is 0 Å². The minimum absolute atomic E-state index is 0.148. The van der Waals surface area contributed by atoms with Crippen molar-refractivity contribution in [3.8, 4) is 0 Å². The second kappa shape index (κ2) is 5.25. The van der Waals surface area contributed by atoms with E-state index in [2.05, 4.69) is 9.97 Å². The zero-order valence-corrected chi connectivity index (χ0v) is 11.2. The number of alkyl halides is 3. The summed E-state index contributed by atoms with van der Waals surface area (Å²) >= 11 is 0. The van der Waals surface area contributed by atoms with E-state index in [1.165, 1.54) is 29.2 Å². The Labute approximate surface area is 122 Å². The third-order valence-electron chi connectivity index (χ3n) is 3.23. The number of halogens is 3. The standard InChI is InChI=1S/C15H10F3N3O/c16-15(17,18)11-5-3-10(4-6-11)8-21-9-20-13-12(14(21)22)2-1-7-19-13/h1-7,9H,8H2. The quantitative estimate of drug-likeness (QED) is 0.731. The number of benzene rings is 1. The van der Waals surface area contributed by atoms with Gasteiger partial charge in [0.25, 0.3) is 5.56 Å². The van der Waals surface area contributed by atoms with Gasteiger partial charge in [-0.2, -0.15) is 13.2 Å². The molecule has 2 aromatic heterocycles. The van der Waals surface area contributed by atoms with E-state index in [1.807, 2.05) is 0 Å². The van der Waals surface area contributed by atoms with Crippen molar-refractivity contribution in [3.05, 3.63) is 70.4 Å². The first-order chi connectivity index (χ1) is 10.4. The lowest BCUT2D eigenvalue weighted by atomic mass is 10.1. The fourth-order valence-corrected chi connectivity index (χ4v) is 2.11. The fraction of sp³-hybridized carbons (Fsp3) is 0.133. The lowest BCUT2D eigenvalue weighted by molar-refractivity contribution is -0.137. The summed E-state index contributed by atoms with van der Waals surface area (Å²) in [5.74, 6) is 0. The van der Waals surface area contributed by atoms with Crippen LogP contribution in [0.25, 0.3) is 11.0 Å². The molecule has 0 spiro atoms. The second-order valence-electron chi connectivity index (χ2n) is 4.75. The Hall–Kier alpha value is -2.70. The van der Waals surface area contributed by atoms with E-state index >= 15 is 0 Å². The molecule has 112 valence electrons. The van der Waals surface area contributed by atoms with E-state index in [0.717, 1.165) is 12.1 Å². The number of fused-ring (bicyclic) bond motifs is 1. The van der Waals surface area contributed by atoms with E-state index in [-0.39, 0.29) is 12.1 Å². The molecule has 0 amide bonds. The molecule has 0 aliphatic rings. The van der Waals surface area contributed by atoms with Crippen LogP contribution in [0.2, 0.25) is 0 Å². The van der Waals surface area contributed by atoms with Crippen LogP contribution in [0, 0.1) is 0 Å². The first kappa shape index (κ1) is 14.2. The third-order valence-corrected chi connectivity index (χ3v) is 3.23. The van der Waals surface area contributed by atoms with Crippen LogP contribution in [0.5, 0.6) is 0 Å². The van der Waals surface area contributed by atoms with Gasteiger partial charge in [-0.3, -0.25) is 9.36 Å². The predicted octanol–water partition coefficient (Wildman–Crippen LogP) is 2.86. The number of rotatable bonds is 2. The summed E-state index contributed by atoms with van der Waals surface area (Å²) in [6.45, 7) is 0.148. The van der Waals surface area contributed by atoms with E-state index in [0.29, 0.717) is 16.6 Å². The third kappa shape index (κ3) is 2.69. The summed E-state index contributed by atoms with van der Waals surface area (Å²) in [5.41, 5.74) is -0.0706. The fourth-order valence-electron chi connectivity index (χ4n) is 2.11. The molecular weight excluding hydrogens is 295 g/mol. The number of hydrogen-bond donors (Lipinski definition) is 0. The van der Waals surface area contributed by atoms with Crippen LogP contribution in [0.4, 0.5) is 13.2 Å². The number of pyridine rings is 1. The highest BCUT2D eigenvalue weighted by atomic mass is 19.4. The van der Waals surface area contributed by atoms with Crippen LogP contribution in [0.1, 0.15) is 11.1 Å². The second-order valence-corrected chi connectivity index (χ2v) is 4.75. The molecule has 0 fully saturated rings. The first-order valence-corrected chi connectivity index (χ1v) is 6.41. The van der Waals surface area contributed by atoms with Crippen LogP contribution in [0.3, 0.4) is 0 Å². The smallest absolute Gasteiger partial charge is 0.294 e. The minimum atomic E-state index is -4.37. The molecule has 0 unspecified atom stereocenters. The van der Waals surface area contributed by atoms with Gasteiger partial charge in [0.05, 0.1) is 17.5 Å². The van der Waals surface area contributed by atoms with E-state index in [4.69, 9.17) is 0 Å². The van der Waals surface area contributed by atoms with E-state index < -0.39 is 11.7 Å². The molecule has 0 aliphatic carbocycles. The molecule has 0 saturated heterocycles. The predicted molar refractivity (Wildman–Crippen MR) is 74.3 cm³/mol. The van der Waals surface area contributed by atoms with Gasteiger partial charge in [0.1, 0.15) is 6.33 Å². The summed E-state index contributed by atoms with van der Waals surface area (Å²) in [7, 11) is 0. The number of hydrogen-bond acceptors (Lipinski definition) is 3. The lowest BCUT2D eigenvalue weighted by Gasteiger charge is -2.09. The average molecular weight is 305 g/mol. The molecule has 1 aromatic carbocycles.